The van der Waals surface area contributed by atoms with Crippen molar-refractivity contribution >= 4 is 5.97 Å². The first-order chi connectivity index (χ1) is 18.8. The number of alkyl halides is 2. The molecule has 212 valence electrons. The van der Waals surface area contributed by atoms with Crippen molar-refractivity contribution in [2.45, 2.75) is 76.2 Å². The van der Waals surface area contributed by atoms with Gasteiger partial charge in [0.1, 0.15) is 6.04 Å². The van der Waals surface area contributed by atoms with Crippen LogP contribution < -0.4 is 0 Å². The van der Waals surface area contributed by atoms with Crippen LogP contribution in [-0.4, -0.2) is 59.6 Å². The fourth-order valence-electron chi connectivity index (χ4n) is 7.07. The molecule has 6 heteroatoms. The van der Waals surface area contributed by atoms with Gasteiger partial charge in [0.15, 0.2) is 0 Å². The fraction of sp³-hybridized carbons (Fsp3) is 0.606. The minimum absolute atomic E-state index is 0.0910. The predicted octanol–water partition coefficient (Wildman–Crippen LogP) is 6.94. The van der Waals surface area contributed by atoms with Crippen molar-refractivity contribution in [3.8, 4) is 0 Å². The van der Waals surface area contributed by atoms with Gasteiger partial charge in [0.05, 0.1) is 0 Å². The number of aliphatic carboxylic acids is 1. The van der Waals surface area contributed by atoms with E-state index >= 15 is 0 Å². The average molecular weight is 539 g/mol. The number of halogens is 2. The van der Waals surface area contributed by atoms with Crippen molar-refractivity contribution in [1.82, 2.24) is 9.80 Å². The molecule has 4 nitrogen and oxygen atoms in total. The van der Waals surface area contributed by atoms with Crippen molar-refractivity contribution in [3.63, 3.8) is 0 Å². The summed E-state index contributed by atoms with van der Waals surface area (Å²) in [5.41, 5.74) is 2.67. The van der Waals surface area contributed by atoms with Gasteiger partial charge in [-0.2, -0.15) is 0 Å². The van der Waals surface area contributed by atoms with E-state index in [9.17, 15) is 18.7 Å². The van der Waals surface area contributed by atoms with E-state index in [1.807, 2.05) is 0 Å². The third-order valence-electron chi connectivity index (χ3n) is 9.71. The standard InChI is InChI=1S/C33H44F2N2O2/c1-24-7-5-10-27(19-24)30-23-37(31(32(38)39)20-26-8-6-9-26)22-28(30)21-36-17-14-25(15-18-36)13-16-33(34,35)29-11-3-2-4-12-29/h2-5,7,10-12,19,25-26,28,30-31H,6,8-9,13-18,20-23H2,1H3,(H,38,39)/t28-,30+,31+/m0/s1. The Morgan fingerprint density at radius 3 is 2.38 bits per heavy atom. The number of aryl methyl sites for hydroxylation is 1. The molecule has 0 spiro atoms. The van der Waals surface area contributed by atoms with Crippen LogP contribution in [0.4, 0.5) is 8.78 Å². The summed E-state index contributed by atoms with van der Waals surface area (Å²) >= 11 is 0. The van der Waals surface area contributed by atoms with E-state index in [0.717, 1.165) is 64.8 Å². The molecule has 0 amide bonds. The lowest BCUT2D eigenvalue weighted by Gasteiger charge is -2.35. The van der Waals surface area contributed by atoms with E-state index in [2.05, 4.69) is 41.0 Å². The Hall–Kier alpha value is -2.31. The molecule has 0 radical (unpaired) electrons. The highest BCUT2D eigenvalue weighted by atomic mass is 19.3. The van der Waals surface area contributed by atoms with Crippen molar-refractivity contribution in [1.29, 1.82) is 0 Å². The summed E-state index contributed by atoms with van der Waals surface area (Å²) < 4.78 is 29.4. The number of nitrogens with zero attached hydrogens (tertiary/aromatic N) is 2. The number of rotatable bonds is 11. The third-order valence-corrected chi connectivity index (χ3v) is 9.71. The van der Waals surface area contributed by atoms with Crippen LogP contribution in [0.25, 0.3) is 0 Å². The molecule has 3 fully saturated rings. The lowest BCUT2D eigenvalue weighted by Crippen LogP contribution is -2.43. The van der Waals surface area contributed by atoms with Crippen molar-refractivity contribution in [2.75, 3.05) is 32.7 Å². The minimum atomic E-state index is -2.77. The maximum Gasteiger partial charge on any atom is 0.320 e. The number of piperidine rings is 1. The van der Waals surface area contributed by atoms with E-state index < -0.39 is 17.9 Å². The highest BCUT2D eigenvalue weighted by Crippen LogP contribution is 2.39. The zero-order valence-electron chi connectivity index (χ0n) is 23.3. The molecule has 3 atom stereocenters. The number of carboxylic acid groups (broad SMARTS) is 1. The number of hydrogen-bond acceptors (Lipinski definition) is 3. The number of carbonyl (C=O) groups is 1. The maximum atomic E-state index is 14.7. The summed E-state index contributed by atoms with van der Waals surface area (Å²) in [5, 5.41) is 10.1. The average Bonchev–Trinajstić information content (AvgIpc) is 3.31. The number of carboxylic acids is 1. The van der Waals surface area contributed by atoms with Gasteiger partial charge in [-0.05, 0) is 69.0 Å². The molecule has 2 saturated heterocycles. The molecule has 1 N–H and O–H groups in total. The fourth-order valence-corrected chi connectivity index (χ4v) is 7.07. The van der Waals surface area contributed by atoms with Gasteiger partial charge >= 0.3 is 5.97 Å². The largest absolute Gasteiger partial charge is 0.480 e. The molecule has 0 aromatic heterocycles. The summed E-state index contributed by atoms with van der Waals surface area (Å²) in [5.74, 6) is -1.88. The second-order valence-electron chi connectivity index (χ2n) is 12.5. The van der Waals surface area contributed by atoms with Crippen LogP contribution in [0.1, 0.15) is 74.0 Å². The highest BCUT2D eigenvalue weighted by molar-refractivity contribution is 5.73. The Balaban J connectivity index is 1.19. The minimum Gasteiger partial charge on any atom is -0.480 e. The van der Waals surface area contributed by atoms with Crippen molar-refractivity contribution in [2.24, 2.45) is 17.8 Å². The first-order valence-corrected chi connectivity index (χ1v) is 15.0. The molecule has 5 rings (SSSR count). The van der Waals surface area contributed by atoms with Gasteiger partial charge < -0.3 is 10.0 Å². The van der Waals surface area contributed by atoms with Gasteiger partial charge in [0.2, 0.25) is 0 Å². The quantitative estimate of drug-likeness (QED) is 0.337. The van der Waals surface area contributed by atoms with Crippen LogP contribution >= 0.6 is 0 Å². The maximum absolute atomic E-state index is 14.7. The van der Waals surface area contributed by atoms with Crippen LogP contribution in [0.2, 0.25) is 0 Å². The molecule has 1 saturated carbocycles. The lowest BCUT2D eigenvalue weighted by molar-refractivity contribution is -0.144. The van der Waals surface area contributed by atoms with Crippen LogP contribution in [0.15, 0.2) is 54.6 Å². The summed E-state index contributed by atoms with van der Waals surface area (Å²) in [6, 6.07) is 16.5. The normalized spacial score (nSPS) is 24.5. The van der Waals surface area contributed by atoms with Crippen LogP contribution in [0.5, 0.6) is 0 Å². The Morgan fingerprint density at radius 2 is 1.74 bits per heavy atom. The van der Waals surface area contributed by atoms with Crippen LogP contribution in [0.3, 0.4) is 0 Å². The number of benzene rings is 2. The van der Waals surface area contributed by atoms with E-state index in [1.54, 1.807) is 18.2 Å². The van der Waals surface area contributed by atoms with Crippen LogP contribution in [0, 0.1) is 24.7 Å². The Morgan fingerprint density at radius 1 is 1.00 bits per heavy atom. The first kappa shape index (κ1) is 28.2. The van der Waals surface area contributed by atoms with Gasteiger partial charge in [-0.25, -0.2) is 8.78 Å². The van der Waals surface area contributed by atoms with Gasteiger partial charge in [-0.3, -0.25) is 9.69 Å². The van der Waals surface area contributed by atoms with Gasteiger partial charge in [0.25, 0.3) is 5.92 Å². The Kier molecular flexibility index (Phi) is 9.02. The predicted molar refractivity (Wildman–Crippen MR) is 151 cm³/mol. The molecule has 39 heavy (non-hydrogen) atoms. The monoisotopic (exact) mass is 538 g/mol. The molecule has 1 aliphatic carbocycles. The molecule has 2 aromatic rings. The zero-order valence-corrected chi connectivity index (χ0v) is 23.3. The summed E-state index contributed by atoms with van der Waals surface area (Å²) in [4.78, 5) is 17.1. The van der Waals surface area contributed by atoms with Crippen molar-refractivity contribution in [3.05, 3.63) is 71.3 Å². The summed E-state index contributed by atoms with van der Waals surface area (Å²) in [6.07, 6.45) is 6.69. The molecule has 3 aliphatic rings. The third kappa shape index (κ3) is 7.07. The van der Waals surface area contributed by atoms with E-state index in [0.29, 0.717) is 30.1 Å². The molecular weight excluding hydrogens is 494 g/mol. The SMILES string of the molecule is Cc1cccc([C@H]2CN([C@H](CC3CCC3)C(=O)O)C[C@@H]2CN2CCC(CCC(F)(F)c3ccccc3)CC2)c1. The first-order valence-electron chi connectivity index (χ1n) is 15.0. The van der Waals surface area contributed by atoms with E-state index in [4.69, 9.17) is 0 Å². The second-order valence-corrected chi connectivity index (χ2v) is 12.5. The lowest BCUT2D eigenvalue weighted by atomic mass is 9.80. The molecule has 2 aromatic carbocycles. The zero-order chi connectivity index (χ0) is 27.4. The smallest absolute Gasteiger partial charge is 0.320 e. The summed E-state index contributed by atoms with van der Waals surface area (Å²) in [7, 11) is 0. The topological polar surface area (TPSA) is 43.8 Å². The number of hydrogen-bond donors (Lipinski definition) is 1. The van der Waals surface area contributed by atoms with Gasteiger partial charge in [-0.1, -0.05) is 79.4 Å². The Labute approximate surface area is 232 Å². The van der Waals surface area contributed by atoms with Crippen LogP contribution in [-0.2, 0) is 10.7 Å². The molecule has 2 heterocycles. The molecule has 2 aliphatic heterocycles. The molecule has 0 bridgehead atoms. The summed E-state index contributed by atoms with van der Waals surface area (Å²) in [6.45, 7) is 6.53. The van der Waals surface area contributed by atoms with E-state index in [1.165, 1.54) is 29.7 Å². The van der Waals surface area contributed by atoms with Gasteiger partial charge in [-0.15, -0.1) is 0 Å². The molecule has 0 unspecified atom stereocenters. The Bertz CT molecular complexity index is 1080. The number of likely N-dealkylation sites (tertiary alicyclic amines) is 2. The van der Waals surface area contributed by atoms with E-state index in [-0.39, 0.29) is 12.0 Å². The second kappa shape index (κ2) is 12.5. The molecular formula is C33H44F2N2O2. The van der Waals surface area contributed by atoms with Gasteiger partial charge in [0, 0.05) is 37.5 Å². The highest BCUT2D eigenvalue weighted by Gasteiger charge is 2.41. The van der Waals surface area contributed by atoms with Crippen molar-refractivity contribution < 1.29 is 18.7 Å².